The highest BCUT2D eigenvalue weighted by Crippen LogP contribution is 2.18. The highest BCUT2D eigenvalue weighted by Gasteiger charge is 2.36. The van der Waals surface area contributed by atoms with E-state index in [1.165, 1.54) is 0 Å². The van der Waals surface area contributed by atoms with Gasteiger partial charge in [-0.25, -0.2) is 0 Å². The Labute approximate surface area is 144 Å². The molecule has 0 aliphatic rings. The summed E-state index contributed by atoms with van der Waals surface area (Å²) in [5, 5.41) is 0. The number of primary amides is 2. The molecule has 6 nitrogen and oxygen atoms in total. The van der Waals surface area contributed by atoms with E-state index in [-0.39, 0.29) is 12.8 Å². The molecule has 138 valence electrons. The molecule has 0 rings (SSSR count). The molecule has 2 amide bonds. The summed E-state index contributed by atoms with van der Waals surface area (Å²) in [7, 11) is 0. The second-order valence-electron chi connectivity index (χ2n) is 6.34. The second kappa shape index (κ2) is 12.7. The predicted molar refractivity (Wildman–Crippen MR) is 92.9 cm³/mol. The maximum absolute atomic E-state index is 12.3. The van der Waals surface area contributed by atoms with Crippen molar-refractivity contribution in [3.05, 3.63) is 0 Å². The summed E-state index contributed by atoms with van der Waals surface area (Å²) < 4.78 is 0. The maximum Gasteiger partial charge on any atom is 0.228 e. The Morgan fingerprint density at radius 2 is 0.958 bits per heavy atom. The Bertz CT molecular complexity index is 395. The number of ketones is 2. The van der Waals surface area contributed by atoms with E-state index in [1.54, 1.807) is 0 Å². The Balaban J connectivity index is 4.79. The van der Waals surface area contributed by atoms with Crippen LogP contribution in [0.1, 0.15) is 78.1 Å². The number of carbonyl (C=O) groups excluding carboxylic acids is 4. The van der Waals surface area contributed by atoms with E-state index in [2.05, 4.69) is 13.8 Å². The summed E-state index contributed by atoms with van der Waals surface area (Å²) in [6, 6.07) is 0. The van der Waals surface area contributed by atoms with Gasteiger partial charge in [-0.05, 0) is 12.8 Å². The zero-order valence-corrected chi connectivity index (χ0v) is 15.0. The standard InChI is InChI=1S/C18H32N2O4/c1-3-5-7-9-11-13(17(19)23)15(21)16(22)14(18(20)24)12-10-8-6-4-2/h13-14H,3-12H2,1-2H3,(H2,19,23)(H2,20,24). The number of unbranched alkanes of at least 4 members (excludes halogenated alkanes) is 6. The van der Waals surface area contributed by atoms with Crippen LogP contribution in [-0.4, -0.2) is 23.4 Å². The Kier molecular flexibility index (Phi) is 11.8. The molecule has 0 aromatic rings. The van der Waals surface area contributed by atoms with E-state index < -0.39 is 35.2 Å². The van der Waals surface area contributed by atoms with Crippen molar-refractivity contribution in [2.45, 2.75) is 78.1 Å². The van der Waals surface area contributed by atoms with Crippen molar-refractivity contribution in [1.82, 2.24) is 0 Å². The summed E-state index contributed by atoms with van der Waals surface area (Å²) in [5.41, 5.74) is 10.6. The van der Waals surface area contributed by atoms with Gasteiger partial charge < -0.3 is 11.5 Å². The lowest BCUT2D eigenvalue weighted by atomic mass is 9.86. The first-order chi connectivity index (χ1) is 11.4. The summed E-state index contributed by atoms with van der Waals surface area (Å²) in [4.78, 5) is 47.7. The van der Waals surface area contributed by atoms with E-state index in [4.69, 9.17) is 11.5 Å². The minimum atomic E-state index is -1.15. The predicted octanol–water partition coefficient (Wildman–Crippen LogP) is 2.27. The Morgan fingerprint density at radius 3 is 1.21 bits per heavy atom. The lowest BCUT2D eigenvalue weighted by Crippen LogP contribution is -2.41. The van der Waals surface area contributed by atoms with Gasteiger partial charge in [-0.2, -0.15) is 0 Å². The number of rotatable bonds is 15. The fourth-order valence-electron chi connectivity index (χ4n) is 2.70. The molecule has 0 bridgehead atoms. The van der Waals surface area contributed by atoms with Crippen molar-refractivity contribution in [3.8, 4) is 0 Å². The molecular weight excluding hydrogens is 308 g/mol. The number of amides is 2. The van der Waals surface area contributed by atoms with E-state index in [0.717, 1.165) is 38.5 Å². The van der Waals surface area contributed by atoms with Crippen molar-refractivity contribution < 1.29 is 19.2 Å². The molecule has 0 saturated heterocycles. The molecule has 0 spiro atoms. The fourth-order valence-corrected chi connectivity index (χ4v) is 2.70. The number of nitrogens with two attached hydrogens (primary N) is 2. The van der Waals surface area contributed by atoms with Crippen LogP contribution in [0.5, 0.6) is 0 Å². The highest BCUT2D eigenvalue weighted by molar-refractivity contribution is 6.44. The van der Waals surface area contributed by atoms with E-state index >= 15 is 0 Å². The van der Waals surface area contributed by atoms with Crippen molar-refractivity contribution in [3.63, 3.8) is 0 Å². The first-order valence-electron chi connectivity index (χ1n) is 9.03. The largest absolute Gasteiger partial charge is 0.369 e. The smallest absolute Gasteiger partial charge is 0.228 e. The van der Waals surface area contributed by atoms with Gasteiger partial charge in [0.15, 0.2) is 0 Å². The van der Waals surface area contributed by atoms with Gasteiger partial charge in [-0.15, -0.1) is 0 Å². The van der Waals surface area contributed by atoms with Crippen LogP contribution in [0.4, 0.5) is 0 Å². The second-order valence-corrected chi connectivity index (χ2v) is 6.34. The van der Waals surface area contributed by atoms with Gasteiger partial charge in [-0.1, -0.05) is 65.2 Å². The minimum absolute atomic E-state index is 0.251. The quantitative estimate of drug-likeness (QED) is 0.270. The van der Waals surface area contributed by atoms with E-state index in [9.17, 15) is 19.2 Å². The molecule has 2 atom stereocenters. The normalized spacial score (nSPS) is 13.2. The average molecular weight is 340 g/mol. The summed E-state index contributed by atoms with van der Waals surface area (Å²) >= 11 is 0. The highest BCUT2D eigenvalue weighted by atomic mass is 16.2. The van der Waals surface area contributed by atoms with Gasteiger partial charge in [0.25, 0.3) is 0 Å². The van der Waals surface area contributed by atoms with Crippen LogP contribution in [-0.2, 0) is 19.2 Å². The zero-order valence-electron chi connectivity index (χ0n) is 15.0. The zero-order chi connectivity index (χ0) is 18.5. The Hall–Kier alpha value is -1.72. The Morgan fingerprint density at radius 1 is 0.625 bits per heavy atom. The molecule has 6 heteroatoms. The van der Waals surface area contributed by atoms with Crippen LogP contribution in [0.3, 0.4) is 0 Å². The third-order valence-corrected chi connectivity index (χ3v) is 4.26. The first-order valence-corrected chi connectivity index (χ1v) is 9.03. The lowest BCUT2D eigenvalue weighted by molar-refractivity contribution is -0.147. The van der Waals surface area contributed by atoms with Gasteiger partial charge in [0.1, 0.15) is 11.8 Å². The third kappa shape index (κ3) is 8.22. The summed E-state index contributed by atoms with van der Waals surface area (Å²) in [6.07, 6.45) is 7.59. The van der Waals surface area contributed by atoms with Crippen molar-refractivity contribution in [1.29, 1.82) is 0 Å². The summed E-state index contributed by atoms with van der Waals surface area (Å²) in [6.45, 7) is 4.10. The topological polar surface area (TPSA) is 120 Å². The molecule has 0 aliphatic heterocycles. The third-order valence-electron chi connectivity index (χ3n) is 4.26. The number of Topliss-reactive ketones (excluding diaryl/α,β-unsaturated/α-hetero) is 2. The SMILES string of the molecule is CCCCCCC(C(N)=O)C(=O)C(=O)C(CCCCCC)C(N)=O. The van der Waals surface area contributed by atoms with Gasteiger partial charge in [0.2, 0.25) is 23.4 Å². The van der Waals surface area contributed by atoms with Gasteiger partial charge in [0, 0.05) is 0 Å². The molecule has 0 saturated carbocycles. The van der Waals surface area contributed by atoms with Crippen LogP contribution in [0.25, 0.3) is 0 Å². The van der Waals surface area contributed by atoms with Crippen LogP contribution in [0.15, 0.2) is 0 Å². The molecule has 0 aromatic heterocycles. The molecule has 0 radical (unpaired) electrons. The summed E-state index contributed by atoms with van der Waals surface area (Å²) in [5.74, 6) is -5.63. The van der Waals surface area contributed by atoms with Gasteiger partial charge in [0.05, 0.1) is 0 Å². The number of hydrogen-bond acceptors (Lipinski definition) is 4. The number of carbonyl (C=O) groups is 4. The monoisotopic (exact) mass is 340 g/mol. The molecule has 0 aromatic carbocycles. The molecule has 0 fully saturated rings. The molecule has 24 heavy (non-hydrogen) atoms. The maximum atomic E-state index is 12.3. The fraction of sp³-hybridized carbons (Fsp3) is 0.778. The van der Waals surface area contributed by atoms with Crippen molar-refractivity contribution in [2.24, 2.45) is 23.3 Å². The molecule has 0 aliphatic carbocycles. The van der Waals surface area contributed by atoms with Crippen LogP contribution >= 0.6 is 0 Å². The van der Waals surface area contributed by atoms with Crippen molar-refractivity contribution >= 4 is 23.4 Å². The lowest BCUT2D eigenvalue weighted by Gasteiger charge is -2.15. The molecule has 2 unspecified atom stereocenters. The van der Waals surface area contributed by atoms with Crippen LogP contribution < -0.4 is 11.5 Å². The molecule has 4 N–H and O–H groups in total. The van der Waals surface area contributed by atoms with E-state index in [1.807, 2.05) is 0 Å². The van der Waals surface area contributed by atoms with Gasteiger partial charge in [-0.3, -0.25) is 19.2 Å². The van der Waals surface area contributed by atoms with Crippen LogP contribution in [0.2, 0.25) is 0 Å². The van der Waals surface area contributed by atoms with Crippen molar-refractivity contribution in [2.75, 3.05) is 0 Å². The minimum Gasteiger partial charge on any atom is -0.369 e. The molecular formula is C18H32N2O4. The van der Waals surface area contributed by atoms with Crippen LogP contribution in [0, 0.1) is 11.8 Å². The average Bonchev–Trinajstić information content (AvgIpc) is 2.53. The van der Waals surface area contributed by atoms with Gasteiger partial charge >= 0.3 is 0 Å². The van der Waals surface area contributed by atoms with E-state index in [0.29, 0.717) is 12.8 Å². The molecule has 0 heterocycles. The number of hydrogen-bond donors (Lipinski definition) is 2. The first kappa shape index (κ1) is 22.3.